The molecule has 1 spiro atoms. The van der Waals surface area contributed by atoms with Crippen molar-refractivity contribution >= 4 is 11.6 Å². The van der Waals surface area contributed by atoms with E-state index in [1.165, 1.54) is 0 Å². The van der Waals surface area contributed by atoms with Crippen molar-refractivity contribution in [3.63, 3.8) is 0 Å². The van der Waals surface area contributed by atoms with E-state index in [2.05, 4.69) is 50.8 Å². The molecule has 2 N–H and O–H groups in total. The molecule has 4 rings (SSSR count). The van der Waals surface area contributed by atoms with E-state index in [4.69, 9.17) is 0 Å². The minimum absolute atomic E-state index is 0.140. The number of benzene rings is 1. The van der Waals surface area contributed by atoms with Gasteiger partial charge in [0.15, 0.2) is 0 Å². The highest BCUT2D eigenvalue weighted by Gasteiger charge is 2.37. The van der Waals surface area contributed by atoms with E-state index in [0.29, 0.717) is 13.0 Å². The Morgan fingerprint density at radius 2 is 1.92 bits per heavy atom. The highest BCUT2D eigenvalue weighted by Crippen LogP contribution is 2.33. The van der Waals surface area contributed by atoms with Crippen LogP contribution in [0.15, 0.2) is 42.5 Å². The van der Waals surface area contributed by atoms with Crippen molar-refractivity contribution in [1.82, 2.24) is 15.2 Å². The molecule has 5 nitrogen and oxygen atoms in total. The van der Waals surface area contributed by atoms with E-state index in [0.717, 1.165) is 55.1 Å². The molecule has 1 aromatic carbocycles. The summed E-state index contributed by atoms with van der Waals surface area (Å²) in [6, 6.07) is 14.5. The summed E-state index contributed by atoms with van der Waals surface area (Å²) in [5.41, 5.74) is 4.34. The second-order valence-corrected chi connectivity index (χ2v) is 7.56. The van der Waals surface area contributed by atoms with Gasteiger partial charge in [-0.05, 0) is 43.5 Å². The third-order valence-corrected chi connectivity index (χ3v) is 5.54. The molecular formula is C21H26N4O. The minimum atomic E-state index is -0.156. The molecule has 2 aliphatic rings. The fraction of sp³-hybridized carbons (Fsp3) is 0.429. The lowest BCUT2D eigenvalue weighted by Gasteiger charge is -2.44. The molecule has 2 aromatic rings. The van der Waals surface area contributed by atoms with Crippen LogP contribution in [0.1, 0.15) is 36.2 Å². The Bertz CT molecular complexity index is 796. The zero-order valence-electron chi connectivity index (χ0n) is 15.3. The largest absolute Gasteiger partial charge is 0.379 e. The number of pyridine rings is 1. The number of aryl methyl sites for hydroxylation is 1. The zero-order valence-corrected chi connectivity index (χ0v) is 15.3. The summed E-state index contributed by atoms with van der Waals surface area (Å²) in [5, 5.41) is 6.80. The molecule has 1 amide bonds. The van der Waals surface area contributed by atoms with Crippen molar-refractivity contribution in [1.29, 1.82) is 0 Å². The summed E-state index contributed by atoms with van der Waals surface area (Å²) in [5.74, 6) is 0.140. The van der Waals surface area contributed by atoms with Crippen LogP contribution in [0.3, 0.4) is 0 Å². The third-order valence-electron chi connectivity index (χ3n) is 5.54. The first-order valence-electron chi connectivity index (χ1n) is 9.40. The SMILES string of the molecule is Cc1cccc(CN2CCC3(CC2)CC(=O)NCc2ccccc2N3)n1. The van der Waals surface area contributed by atoms with Crippen molar-refractivity contribution in [3.05, 3.63) is 59.4 Å². The number of anilines is 1. The maximum atomic E-state index is 12.4. The molecular weight excluding hydrogens is 324 g/mol. The number of piperidine rings is 1. The predicted octanol–water partition coefficient (Wildman–Crippen LogP) is 2.86. The van der Waals surface area contributed by atoms with Crippen molar-refractivity contribution in [2.24, 2.45) is 0 Å². The van der Waals surface area contributed by atoms with Crippen molar-refractivity contribution < 1.29 is 4.79 Å². The maximum Gasteiger partial charge on any atom is 0.222 e. The fourth-order valence-corrected chi connectivity index (χ4v) is 4.05. The van der Waals surface area contributed by atoms with Crippen molar-refractivity contribution in [3.8, 4) is 0 Å². The van der Waals surface area contributed by atoms with E-state index in [-0.39, 0.29) is 11.4 Å². The van der Waals surface area contributed by atoms with E-state index < -0.39 is 0 Å². The number of hydrogen-bond acceptors (Lipinski definition) is 4. The molecule has 0 unspecified atom stereocenters. The van der Waals surface area contributed by atoms with E-state index in [1.54, 1.807) is 0 Å². The van der Waals surface area contributed by atoms with Gasteiger partial charge >= 0.3 is 0 Å². The number of fused-ring (bicyclic) bond motifs is 1. The van der Waals surface area contributed by atoms with Gasteiger partial charge in [0.25, 0.3) is 0 Å². The number of carbonyl (C=O) groups excluding carboxylic acids is 1. The van der Waals surface area contributed by atoms with Crippen LogP contribution in [0.2, 0.25) is 0 Å². The number of amides is 1. The molecule has 0 atom stereocenters. The maximum absolute atomic E-state index is 12.4. The molecule has 0 aliphatic carbocycles. The molecule has 1 fully saturated rings. The smallest absolute Gasteiger partial charge is 0.222 e. The molecule has 136 valence electrons. The number of likely N-dealkylation sites (tertiary alicyclic amines) is 1. The van der Waals surface area contributed by atoms with Gasteiger partial charge in [0, 0.05) is 49.5 Å². The first-order chi connectivity index (χ1) is 12.6. The lowest BCUT2D eigenvalue weighted by Crippen LogP contribution is -2.52. The van der Waals surface area contributed by atoms with Gasteiger partial charge in [-0.1, -0.05) is 24.3 Å². The van der Waals surface area contributed by atoms with Crippen LogP contribution in [-0.4, -0.2) is 34.4 Å². The van der Waals surface area contributed by atoms with E-state index >= 15 is 0 Å². The second-order valence-electron chi connectivity index (χ2n) is 7.56. The molecule has 5 heteroatoms. The number of nitrogens with one attached hydrogen (secondary N) is 2. The van der Waals surface area contributed by atoms with Crippen molar-refractivity contribution in [2.45, 2.75) is 44.8 Å². The number of nitrogens with zero attached hydrogens (tertiary/aromatic N) is 2. The van der Waals surface area contributed by atoms with Crippen LogP contribution in [0.25, 0.3) is 0 Å². The molecule has 1 aromatic heterocycles. The average molecular weight is 350 g/mol. The van der Waals surface area contributed by atoms with Gasteiger partial charge in [0.05, 0.1) is 5.69 Å². The molecule has 2 aliphatic heterocycles. The Kier molecular flexibility index (Phi) is 4.64. The van der Waals surface area contributed by atoms with Gasteiger partial charge < -0.3 is 10.6 Å². The summed E-state index contributed by atoms with van der Waals surface area (Å²) in [6.07, 6.45) is 2.46. The van der Waals surface area contributed by atoms with Gasteiger partial charge in [0.1, 0.15) is 0 Å². The predicted molar refractivity (Wildman–Crippen MR) is 103 cm³/mol. The molecule has 0 saturated carbocycles. The standard InChI is InChI=1S/C21H26N4O/c1-16-5-4-7-18(23-16)15-25-11-9-21(10-12-25)13-20(26)22-14-17-6-2-3-8-19(17)24-21/h2-8,24H,9-15H2,1H3,(H,22,26). The zero-order chi connectivity index (χ0) is 18.0. The van der Waals surface area contributed by atoms with Crippen LogP contribution in [0.4, 0.5) is 5.69 Å². The minimum Gasteiger partial charge on any atom is -0.379 e. The van der Waals surface area contributed by atoms with Gasteiger partial charge in [-0.25, -0.2) is 0 Å². The average Bonchev–Trinajstić information content (AvgIpc) is 2.62. The van der Waals surface area contributed by atoms with Gasteiger partial charge in [-0.3, -0.25) is 14.7 Å². The van der Waals surface area contributed by atoms with Crippen LogP contribution >= 0.6 is 0 Å². The molecule has 26 heavy (non-hydrogen) atoms. The molecule has 0 radical (unpaired) electrons. The molecule has 3 heterocycles. The number of hydrogen-bond donors (Lipinski definition) is 2. The number of para-hydroxylation sites is 1. The second kappa shape index (κ2) is 7.08. The summed E-state index contributed by atoms with van der Waals surface area (Å²) in [6.45, 7) is 5.45. The number of rotatable bonds is 2. The van der Waals surface area contributed by atoms with Crippen LogP contribution < -0.4 is 10.6 Å². The Labute approximate surface area is 154 Å². The summed E-state index contributed by atoms with van der Waals surface area (Å²) < 4.78 is 0. The first kappa shape index (κ1) is 17.0. The molecule has 0 bridgehead atoms. The normalized spacial score (nSPS) is 19.8. The van der Waals surface area contributed by atoms with Crippen molar-refractivity contribution in [2.75, 3.05) is 18.4 Å². The summed E-state index contributed by atoms with van der Waals surface area (Å²) in [4.78, 5) is 19.4. The Balaban J connectivity index is 1.47. The Morgan fingerprint density at radius 1 is 1.12 bits per heavy atom. The third kappa shape index (κ3) is 3.73. The van der Waals surface area contributed by atoms with Crippen LogP contribution in [0.5, 0.6) is 0 Å². The molecule has 1 saturated heterocycles. The highest BCUT2D eigenvalue weighted by molar-refractivity contribution is 5.79. The van der Waals surface area contributed by atoms with E-state index in [1.807, 2.05) is 19.1 Å². The quantitative estimate of drug-likeness (QED) is 0.874. The monoisotopic (exact) mass is 350 g/mol. The van der Waals surface area contributed by atoms with E-state index in [9.17, 15) is 4.79 Å². The summed E-state index contributed by atoms with van der Waals surface area (Å²) in [7, 11) is 0. The van der Waals surface area contributed by atoms with Gasteiger partial charge in [-0.15, -0.1) is 0 Å². The number of carbonyl (C=O) groups is 1. The van der Waals surface area contributed by atoms with Crippen LogP contribution in [-0.2, 0) is 17.9 Å². The first-order valence-corrected chi connectivity index (χ1v) is 9.40. The Morgan fingerprint density at radius 3 is 2.73 bits per heavy atom. The fourth-order valence-electron chi connectivity index (χ4n) is 4.05. The lowest BCUT2D eigenvalue weighted by atomic mass is 9.82. The van der Waals surface area contributed by atoms with Gasteiger partial charge in [0.2, 0.25) is 5.91 Å². The summed E-state index contributed by atoms with van der Waals surface area (Å²) >= 11 is 0. The lowest BCUT2D eigenvalue weighted by molar-refractivity contribution is -0.122. The number of aromatic nitrogens is 1. The van der Waals surface area contributed by atoms with Gasteiger partial charge in [-0.2, -0.15) is 0 Å². The van der Waals surface area contributed by atoms with Crippen LogP contribution in [0, 0.1) is 6.92 Å². The topological polar surface area (TPSA) is 57.3 Å². The highest BCUT2D eigenvalue weighted by atomic mass is 16.1. The Hall–Kier alpha value is -2.40.